The molecule has 2 rings (SSSR count). The molecule has 2 amide bonds. The SMILES string of the molecule is CC(C)N1C(=O)CC(C2CCCCC2=O)C1=O. The lowest BCUT2D eigenvalue weighted by Crippen LogP contribution is -2.39. The Balaban J connectivity index is 2.15. The molecule has 4 nitrogen and oxygen atoms in total. The van der Waals surface area contributed by atoms with Gasteiger partial charge in [-0.1, -0.05) is 6.42 Å². The number of amides is 2. The maximum Gasteiger partial charge on any atom is 0.233 e. The molecule has 1 aliphatic heterocycles. The van der Waals surface area contributed by atoms with Crippen LogP contribution in [0.5, 0.6) is 0 Å². The summed E-state index contributed by atoms with van der Waals surface area (Å²) in [6, 6.07) is -0.0984. The number of ketones is 1. The first kappa shape index (κ1) is 12.3. The summed E-state index contributed by atoms with van der Waals surface area (Å²) in [7, 11) is 0. The number of carbonyl (C=O) groups is 3. The first-order valence-electron chi connectivity index (χ1n) is 6.41. The third kappa shape index (κ3) is 2.13. The smallest absolute Gasteiger partial charge is 0.233 e. The van der Waals surface area contributed by atoms with Crippen LogP contribution in [-0.4, -0.2) is 28.5 Å². The maximum absolute atomic E-state index is 12.2. The normalized spacial score (nSPS) is 30.5. The molecule has 1 heterocycles. The highest BCUT2D eigenvalue weighted by atomic mass is 16.2. The van der Waals surface area contributed by atoms with E-state index in [4.69, 9.17) is 0 Å². The van der Waals surface area contributed by atoms with Crippen LogP contribution in [0, 0.1) is 11.8 Å². The summed E-state index contributed by atoms with van der Waals surface area (Å²) in [5.41, 5.74) is 0. The Labute approximate surface area is 101 Å². The topological polar surface area (TPSA) is 54.5 Å². The molecule has 0 aromatic carbocycles. The Morgan fingerprint density at radius 3 is 2.35 bits per heavy atom. The van der Waals surface area contributed by atoms with E-state index in [0.29, 0.717) is 6.42 Å². The van der Waals surface area contributed by atoms with Crippen molar-refractivity contribution in [2.75, 3.05) is 0 Å². The molecule has 1 saturated heterocycles. The molecule has 4 heteroatoms. The molecule has 0 radical (unpaired) electrons. The Morgan fingerprint density at radius 1 is 1.12 bits per heavy atom. The van der Waals surface area contributed by atoms with Gasteiger partial charge in [0.1, 0.15) is 5.78 Å². The van der Waals surface area contributed by atoms with Crippen LogP contribution in [0.25, 0.3) is 0 Å². The number of hydrogen-bond donors (Lipinski definition) is 0. The molecule has 94 valence electrons. The second-order valence-corrected chi connectivity index (χ2v) is 5.32. The summed E-state index contributed by atoms with van der Waals surface area (Å²) in [6.45, 7) is 3.67. The summed E-state index contributed by atoms with van der Waals surface area (Å²) in [5.74, 6) is -0.659. The van der Waals surface area contributed by atoms with Gasteiger partial charge < -0.3 is 0 Å². The number of rotatable bonds is 2. The molecule has 17 heavy (non-hydrogen) atoms. The minimum absolute atomic E-state index is 0.0984. The van der Waals surface area contributed by atoms with Crippen molar-refractivity contribution >= 4 is 17.6 Å². The minimum atomic E-state index is -0.377. The van der Waals surface area contributed by atoms with Crippen LogP contribution in [0.4, 0.5) is 0 Å². The highest BCUT2D eigenvalue weighted by molar-refractivity contribution is 6.05. The Kier molecular flexibility index (Phi) is 3.31. The predicted molar refractivity (Wildman–Crippen MR) is 62.1 cm³/mol. The lowest BCUT2D eigenvalue weighted by Gasteiger charge is -2.25. The second kappa shape index (κ2) is 4.59. The van der Waals surface area contributed by atoms with E-state index in [1.54, 1.807) is 0 Å². The number of hydrogen-bond acceptors (Lipinski definition) is 3. The van der Waals surface area contributed by atoms with Crippen molar-refractivity contribution < 1.29 is 14.4 Å². The van der Waals surface area contributed by atoms with Crippen LogP contribution in [-0.2, 0) is 14.4 Å². The lowest BCUT2D eigenvalue weighted by molar-refractivity contribution is -0.143. The zero-order chi connectivity index (χ0) is 12.6. The van der Waals surface area contributed by atoms with E-state index in [1.165, 1.54) is 4.90 Å². The van der Waals surface area contributed by atoms with Gasteiger partial charge in [0.15, 0.2) is 0 Å². The van der Waals surface area contributed by atoms with E-state index >= 15 is 0 Å². The Morgan fingerprint density at radius 2 is 1.82 bits per heavy atom. The number of Topliss-reactive ketones (excluding diaryl/α,β-unsaturated/α-hetero) is 1. The van der Waals surface area contributed by atoms with E-state index in [0.717, 1.165) is 19.3 Å². The summed E-state index contributed by atoms with van der Waals surface area (Å²) in [4.78, 5) is 37.1. The van der Waals surface area contributed by atoms with Gasteiger partial charge in [0.25, 0.3) is 0 Å². The van der Waals surface area contributed by atoms with E-state index < -0.39 is 0 Å². The predicted octanol–water partition coefficient (Wildman–Crippen LogP) is 1.53. The summed E-state index contributed by atoms with van der Waals surface area (Å²) >= 11 is 0. The van der Waals surface area contributed by atoms with Gasteiger partial charge in [-0.25, -0.2) is 0 Å². The first-order valence-corrected chi connectivity index (χ1v) is 6.41. The van der Waals surface area contributed by atoms with Crippen molar-refractivity contribution in [2.24, 2.45) is 11.8 Å². The van der Waals surface area contributed by atoms with Gasteiger partial charge in [-0.05, 0) is 26.7 Å². The van der Waals surface area contributed by atoms with Crippen molar-refractivity contribution in [2.45, 2.75) is 52.0 Å². The van der Waals surface area contributed by atoms with Crippen molar-refractivity contribution in [3.63, 3.8) is 0 Å². The average Bonchev–Trinajstić information content (AvgIpc) is 2.55. The van der Waals surface area contributed by atoms with E-state index in [-0.39, 0.29) is 41.9 Å². The van der Waals surface area contributed by atoms with Gasteiger partial charge in [-0.2, -0.15) is 0 Å². The molecule has 2 unspecified atom stereocenters. The largest absolute Gasteiger partial charge is 0.299 e. The van der Waals surface area contributed by atoms with E-state index in [1.807, 2.05) is 13.8 Å². The molecule has 0 aromatic heterocycles. The highest BCUT2D eigenvalue weighted by Crippen LogP contribution is 2.35. The van der Waals surface area contributed by atoms with Crippen LogP contribution in [0.15, 0.2) is 0 Å². The van der Waals surface area contributed by atoms with E-state index in [2.05, 4.69) is 0 Å². The fourth-order valence-corrected chi connectivity index (χ4v) is 2.97. The monoisotopic (exact) mass is 237 g/mol. The Hall–Kier alpha value is -1.19. The van der Waals surface area contributed by atoms with Crippen molar-refractivity contribution in [3.8, 4) is 0 Å². The first-order chi connectivity index (χ1) is 8.02. The zero-order valence-electron chi connectivity index (χ0n) is 10.4. The zero-order valence-corrected chi connectivity index (χ0v) is 10.4. The van der Waals surface area contributed by atoms with Gasteiger partial charge in [0, 0.05) is 24.8 Å². The molecule has 2 fully saturated rings. The molecule has 2 aliphatic rings. The molecule has 0 bridgehead atoms. The quantitative estimate of drug-likeness (QED) is 0.684. The molecule has 1 aliphatic carbocycles. The minimum Gasteiger partial charge on any atom is -0.299 e. The molecular weight excluding hydrogens is 218 g/mol. The molecule has 0 N–H and O–H groups in total. The number of likely N-dealkylation sites (tertiary alicyclic amines) is 1. The fourth-order valence-electron chi connectivity index (χ4n) is 2.97. The maximum atomic E-state index is 12.2. The summed E-state index contributed by atoms with van der Waals surface area (Å²) in [6.07, 6.45) is 3.50. The second-order valence-electron chi connectivity index (χ2n) is 5.32. The van der Waals surface area contributed by atoms with Crippen LogP contribution in [0.2, 0.25) is 0 Å². The summed E-state index contributed by atoms with van der Waals surface area (Å²) < 4.78 is 0. The third-order valence-electron chi connectivity index (χ3n) is 3.82. The van der Waals surface area contributed by atoms with Crippen LogP contribution >= 0.6 is 0 Å². The number of imide groups is 1. The van der Waals surface area contributed by atoms with Gasteiger partial charge in [-0.15, -0.1) is 0 Å². The lowest BCUT2D eigenvalue weighted by atomic mass is 9.78. The summed E-state index contributed by atoms with van der Waals surface area (Å²) in [5, 5.41) is 0. The highest BCUT2D eigenvalue weighted by Gasteiger charge is 2.46. The third-order valence-corrected chi connectivity index (χ3v) is 3.82. The van der Waals surface area contributed by atoms with Gasteiger partial charge in [-0.3, -0.25) is 19.3 Å². The molecule has 0 spiro atoms. The van der Waals surface area contributed by atoms with Gasteiger partial charge in [0.2, 0.25) is 11.8 Å². The standard InChI is InChI=1S/C13H19NO3/c1-8(2)14-12(16)7-10(13(14)17)9-5-3-4-6-11(9)15/h8-10H,3-7H2,1-2H3. The van der Waals surface area contributed by atoms with E-state index in [9.17, 15) is 14.4 Å². The number of carbonyl (C=O) groups excluding carboxylic acids is 3. The van der Waals surface area contributed by atoms with Crippen molar-refractivity contribution in [3.05, 3.63) is 0 Å². The van der Waals surface area contributed by atoms with Crippen LogP contribution in [0.1, 0.15) is 46.0 Å². The molecule has 0 aromatic rings. The fraction of sp³-hybridized carbons (Fsp3) is 0.769. The average molecular weight is 237 g/mol. The van der Waals surface area contributed by atoms with Crippen molar-refractivity contribution in [1.29, 1.82) is 0 Å². The molecular formula is C13H19NO3. The Bertz CT molecular complexity index is 362. The van der Waals surface area contributed by atoms with Crippen molar-refractivity contribution in [1.82, 2.24) is 4.90 Å². The number of nitrogens with zero attached hydrogens (tertiary/aromatic N) is 1. The van der Waals surface area contributed by atoms with Gasteiger partial charge >= 0.3 is 0 Å². The van der Waals surface area contributed by atoms with Crippen LogP contribution < -0.4 is 0 Å². The molecule has 2 atom stereocenters. The van der Waals surface area contributed by atoms with Gasteiger partial charge in [0.05, 0.1) is 5.92 Å². The molecule has 1 saturated carbocycles. The van der Waals surface area contributed by atoms with Crippen LogP contribution in [0.3, 0.4) is 0 Å².